The summed E-state index contributed by atoms with van der Waals surface area (Å²) in [5.74, 6) is 5.89. The highest BCUT2D eigenvalue weighted by Crippen LogP contribution is 2.39. The fraction of sp³-hybridized carbons (Fsp3) is 0.533. The number of alkyl halides is 6. The van der Waals surface area contributed by atoms with E-state index in [1.165, 1.54) is 19.1 Å². The molecule has 0 aliphatic carbocycles. The Morgan fingerprint density at radius 2 is 1.55 bits per heavy atom. The zero-order valence-electron chi connectivity index (χ0n) is 23.3. The molecule has 0 bridgehead atoms. The van der Waals surface area contributed by atoms with E-state index < -0.39 is 47.7 Å². The Hall–Kier alpha value is -2.69. The molecule has 2 aliphatic rings. The van der Waals surface area contributed by atoms with Crippen molar-refractivity contribution in [1.29, 1.82) is 0 Å². The molecule has 0 radical (unpaired) electrons. The number of likely N-dealkylation sites (tertiary alicyclic amines) is 1. The second-order valence-electron chi connectivity index (χ2n) is 10.4. The number of hydrogen-bond donors (Lipinski definition) is 0. The maximum absolute atomic E-state index is 13.7. The first-order valence-corrected chi connectivity index (χ1v) is 13.6. The predicted octanol–water partition coefficient (Wildman–Crippen LogP) is 6.45. The molecule has 2 fully saturated rings. The van der Waals surface area contributed by atoms with Gasteiger partial charge in [-0.3, -0.25) is 9.80 Å². The Kier molecular flexibility index (Phi) is 10.5. The van der Waals surface area contributed by atoms with Crippen molar-refractivity contribution >= 4 is 0 Å². The van der Waals surface area contributed by atoms with Gasteiger partial charge in [0.1, 0.15) is 5.82 Å². The zero-order chi connectivity index (χ0) is 30.5. The monoisotopic (exact) mass is 602 g/mol. The summed E-state index contributed by atoms with van der Waals surface area (Å²) in [6.45, 7) is 4.41. The zero-order valence-corrected chi connectivity index (χ0v) is 23.3. The normalized spacial score (nSPS) is 23.0. The number of benzene rings is 2. The van der Waals surface area contributed by atoms with Gasteiger partial charge in [-0.05, 0) is 67.8 Å². The molecular formula is C30H33F7N2O3. The highest BCUT2D eigenvalue weighted by Gasteiger charge is 2.39. The number of morpholine rings is 1. The number of nitrogens with zero attached hydrogens (tertiary/aromatic N) is 2. The van der Waals surface area contributed by atoms with E-state index in [1.807, 2.05) is 4.90 Å². The van der Waals surface area contributed by atoms with Gasteiger partial charge in [0.15, 0.2) is 6.29 Å². The SMILES string of the molecule is COC[C@@H]1CCCN1CC#CCN1CCOC(O[C@H](C)c2cc(C(F)(F)F)cc(C(F)(F)F)c2)C1c1ccc(F)cc1. The first-order chi connectivity index (χ1) is 19.9. The van der Waals surface area contributed by atoms with Crippen LogP contribution in [0.5, 0.6) is 0 Å². The van der Waals surface area contributed by atoms with E-state index in [1.54, 1.807) is 19.2 Å². The molecule has 4 atom stereocenters. The van der Waals surface area contributed by atoms with Gasteiger partial charge in [0.2, 0.25) is 0 Å². The van der Waals surface area contributed by atoms with E-state index in [9.17, 15) is 30.7 Å². The van der Waals surface area contributed by atoms with Gasteiger partial charge >= 0.3 is 12.4 Å². The molecule has 2 aromatic rings. The summed E-state index contributed by atoms with van der Waals surface area (Å²) in [6.07, 6.45) is -10.1. The minimum atomic E-state index is -4.98. The Labute approximate surface area is 240 Å². The first kappa shape index (κ1) is 32.2. The maximum Gasteiger partial charge on any atom is 0.416 e. The molecule has 5 nitrogen and oxygen atoms in total. The van der Waals surface area contributed by atoms with Crippen molar-refractivity contribution in [3.05, 3.63) is 70.5 Å². The van der Waals surface area contributed by atoms with E-state index in [2.05, 4.69) is 16.7 Å². The van der Waals surface area contributed by atoms with Crippen molar-refractivity contribution in [1.82, 2.24) is 9.80 Å². The highest BCUT2D eigenvalue weighted by molar-refractivity contribution is 5.35. The largest absolute Gasteiger partial charge is 0.416 e. The molecule has 4 rings (SSSR count). The molecule has 2 unspecified atom stereocenters. The van der Waals surface area contributed by atoms with Crippen LogP contribution in [0.15, 0.2) is 42.5 Å². The van der Waals surface area contributed by atoms with Crippen molar-refractivity contribution in [2.75, 3.05) is 46.5 Å². The van der Waals surface area contributed by atoms with Crippen molar-refractivity contribution in [2.45, 2.75) is 56.6 Å². The summed E-state index contributed by atoms with van der Waals surface area (Å²) in [4.78, 5) is 4.20. The average molecular weight is 603 g/mol. The third-order valence-corrected chi connectivity index (χ3v) is 7.49. The van der Waals surface area contributed by atoms with Crippen molar-refractivity contribution in [3.8, 4) is 11.8 Å². The van der Waals surface area contributed by atoms with Gasteiger partial charge in [-0.1, -0.05) is 24.0 Å². The first-order valence-electron chi connectivity index (χ1n) is 13.6. The smallest absolute Gasteiger partial charge is 0.383 e. The van der Waals surface area contributed by atoms with Gasteiger partial charge in [-0.25, -0.2) is 4.39 Å². The van der Waals surface area contributed by atoms with Gasteiger partial charge in [-0.15, -0.1) is 0 Å². The molecule has 0 N–H and O–H groups in total. The van der Waals surface area contributed by atoms with Gasteiger partial charge < -0.3 is 14.2 Å². The maximum atomic E-state index is 13.7. The second kappa shape index (κ2) is 13.7. The minimum absolute atomic E-state index is 0.0781. The van der Waals surface area contributed by atoms with Crippen LogP contribution in [0.4, 0.5) is 30.7 Å². The minimum Gasteiger partial charge on any atom is -0.383 e. The molecule has 2 aliphatic heterocycles. The Morgan fingerprint density at radius 3 is 2.14 bits per heavy atom. The van der Waals surface area contributed by atoms with Crippen LogP contribution in [0.2, 0.25) is 0 Å². The third kappa shape index (κ3) is 8.23. The Bertz CT molecular complexity index is 1210. The molecule has 2 heterocycles. The van der Waals surface area contributed by atoms with Crippen LogP contribution < -0.4 is 0 Å². The lowest BCUT2D eigenvalue weighted by atomic mass is 10.0. The van der Waals surface area contributed by atoms with E-state index in [4.69, 9.17) is 14.2 Å². The van der Waals surface area contributed by atoms with Crippen LogP contribution in [0.1, 0.15) is 54.2 Å². The van der Waals surface area contributed by atoms with Crippen LogP contribution in [-0.4, -0.2) is 68.6 Å². The summed E-state index contributed by atoms with van der Waals surface area (Å²) in [6, 6.07) is 6.66. The molecule has 2 aromatic carbocycles. The summed E-state index contributed by atoms with van der Waals surface area (Å²) in [5.41, 5.74) is -2.54. The summed E-state index contributed by atoms with van der Waals surface area (Å²) in [7, 11) is 1.66. The average Bonchev–Trinajstić information content (AvgIpc) is 3.37. The molecule has 0 saturated carbocycles. The van der Waals surface area contributed by atoms with Crippen LogP contribution in [0.3, 0.4) is 0 Å². The van der Waals surface area contributed by atoms with Crippen molar-refractivity contribution in [2.24, 2.45) is 0 Å². The molecule has 0 spiro atoms. The number of ether oxygens (including phenoxy) is 3. The predicted molar refractivity (Wildman–Crippen MR) is 141 cm³/mol. The second-order valence-corrected chi connectivity index (χ2v) is 10.4. The lowest BCUT2D eigenvalue weighted by Gasteiger charge is -2.41. The topological polar surface area (TPSA) is 34.2 Å². The molecule has 12 heteroatoms. The van der Waals surface area contributed by atoms with E-state index >= 15 is 0 Å². The third-order valence-electron chi connectivity index (χ3n) is 7.49. The number of methoxy groups -OCH3 is 1. The number of halogens is 7. The summed E-state index contributed by atoms with van der Waals surface area (Å²) in [5, 5.41) is 0. The highest BCUT2D eigenvalue weighted by atomic mass is 19.4. The lowest BCUT2D eigenvalue weighted by Crippen LogP contribution is -2.47. The van der Waals surface area contributed by atoms with Crippen molar-refractivity contribution in [3.63, 3.8) is 0 Å². The molecule has 0 aromatic heterocycles. The fourth-order valence-electron chi connectivity index (χ4n) is 5.30. The van der Waals surface area contributed by atoms with E-state index in [-0.39, 0.29) is 18.2 Å². The summed E-state index contributed by atoms with van der Waals surface area (Å²) < 4.78 is 112. The number of hydrogen-bond acceptors (Lipinski definition) is 5. The van der Waals surface area contributed by atoms with E-state index in [0.29, 0.717) is 50.0 Å². The van der Waals surface area contributed by atoms with E-state index in [0.717, 1.165) is 19.4 Å². The van der Waals surface area contributed by atoms with Crippen molar-refractivity contribution < 1.29 is 44.9 Å². The molecule has 42 heavy (non-hydrogen) atoms. The Morgan fingerprint density at radius 1 is 0.929 bits per heavy atom. The standard InChI is InChI=1S/C30H33F7N2O3/c1-20(22-16-23(29(32,33)34)18-24(17-22)30(35,36)37)42-28-27(21-7-9-25(31)10-8-21)39(14-15-41-28)12-4-3-11-38-13-5-6-26(38)19-40-2/h7-10,16-18,20,26-28H,5-6,11-15,19H2,1-2H3/t20-,26+,27?,28?/m1/s1. The van der Waals surface area contributed by atoms with Gasteiger partial charge in [0.05, 0.1) is 49.6 Å². The Balaban J connectivity index is 1.55. The van der Waals surface area contributed by atoms with Crippen LogP contribution in [0.25, 0.3) is 0 Å². The quantitative estimate of drug-likeness (QED) is 0.256. The fourth-order valence-corrected chi connectivity index (χ4v) is 5.30. The van der Waals surface area contributed by atoms with Crippen LogP contribution in [-0.2, 0) is 26.6 Å². The molecule has 2 saturated heterocycles. The lowest BCUT2D eigenvalue weighted by molar-refractivity contribution is -0.228. The molecular weight excluding hydrogens is 569 g/mol. The molecule has 230 valence electrons. The van der Waals surface area contributed by atoms with Gasteiger partial charge in [-0.2, -0.15) is 26.3 Å². The molecule has 0 amide bonds. The van der Waals surface area contributed by atoms with Gasteiger partial charge in [0.25, 0.3) is 0 Å². The van der Waals surface area contributed by atoms with Gasteiger partial charge in [0, 0.05) is 19.7 Å². The number of rotatable bonds is 8. The van der Waals surface area contributed by atoms with Crippen LogP contribution >= 0.6 is 0 Å². The van der Waals surface area contributed by atoms with Crippen LogP contribution in [0, 0.1) is 17.7 Å². The summed E-state index contributed by atoms with van der Waals surface area (Å²) >= 11 is 0.